The summed E-state index contributed by atoms with van der Waals surface area (Å²) in [6, 6.07) is 13.3. The van der Waals surface area contributed by atoms with Crippen LogP contribution in [-0.4, -0.2) is 51.9 Å². The van der Waals surface area contributed by atoms with Gasteiger partial charge in [-0.1, -0.05) is 18.2 Å². The van der Waals surface area contributed by atoms with Crippen molar-refractivity contribution in [2.75, 3.05) is 26.0 Å². The molecule has 1 N–H and O–H groups in total. The number of fused-ring (bicyclic) bond motifs is 1. The first kappa shape index (κ1) is 20.9. The summed E-state index contributed by atoms with van der Waals surface area (Å²) in [6.07, 6.45) is 1.82. The summed E-state index contributed by atoms with van der Waals surface area (Å²) >= 11 is 0. The molecular weight excluding hydrogens is 390 g/mol. The molecule has 0 bridgehead atoms. The van der Waals surface area contributed by atoms with Crippen LogP contribution in [0.3, 0.4) is 0 Å². The molecular formula is C24H29N5O2. The van der Waals surface area contributed by atoms with Gasteiger partial charge in [0.1, 0.15) is 5.82 Å². The van der Waals surface area contributed by atoms with Gasteiger partial charge in [-0.05, 0) is 56.5 Å². The molecule has 2 aromatic carbocycles. The van der Waals surface area contributed by atoms with E-state index in [9.17, 15) is 9.59 Å². The number of carbonyl (C=O) groups excluding carboxylic acids is 2. The predicted octanol–water partition coefficient (Wildman–Crippen LogP) is 4.44. The van der Waals surface area contributed by atoms with E-state index in [-0.39, 0.29) is 18.0 Å². The lowest BCUT2D eigenvalue weighted by Crippen LogP contribution is -2.35. The van der Waals surface area contributed by atoms with Crippen LogP contribution >= 0.6 is 0 Å². The molecule has 0 radical (unpaired) electrons. The van der Waals surface area contributed by atoms with E-state index in [1.165, 1.54) is 4.90 Å². The lowest BCUT2D eigenvalue weighted by atomic mass is 10.1. The van der Waals surface area contributed by atoms with Crippen molar-refractivity contribution in [1.29, 1.82) is 0 Å². The largest absolute Gasteiger partial charge is 0.345 e. The van der Waals surface area contributed by atoms with Crippen LogP contribution in [0.25, 0.3) is 11.0 Å². The predicted molar refractivity (Wildman–Crippen MR) is 122 cm³/mol. The number of benzene rings is 2. The van der Waals surface area contributed by atoms with Crippen molar-refractivity contribution in [1.82, 2.24) is 19.4 Å². The fourth-order valence-electron chi connectivity index (χ4n) is 4.29. The van der Waals surface area contributed by atoms with Crippen LogP contribution in [0.15, 0.2) is 42.5 Å². The lowest BCUT2D eigenvalue weighted by molar-refractivity contribution is 0.0827. The van der Waals surface area contributed by atoms with Gasteiger partial charge >= 0.3 is 6.03 Å². The zero-order chi connectivity index (χ0) is 22.1. The molecule has 162 valence electrons. The van der Waals surface area contributed by atoms with Crippen LogP contribution in [0.2, 0.25) is 0 Å². The number of amides is 3. The molecule has 1 fully saturated rings. The van der Waals surface area contributed by atoms with Crippen LogP contribution in [0.5, 0.6) is 0 Å². The SMILES string of the molecule is CCn1c(C2CCCN2C(=O)Nc2cc(C(=O)N(C)C)ccc2C)nc2ccccc21. The van der Waals surface area contributed by atoms with Crippen molar-refractivity contribution in [2.45, 2.75) is 39.3 Å². The molecule has 2 heterocycles. The van der Waals surface area contributed by atoms with E-state index in [2.05, 4.69) is 22.9 Å². The first-order chi connectivity index (χ1) is 14.9. The molecule has 3 amide bonds. The second kappa shape index (κ2) is 8.41. The fourth-order valence-corrected chi connectivity index (χ4v) is 4.29. The van der Waals surface area contributed by atoms with E-state index >= 15 is 0 Å². The van der Waals surface area contributed by atoms with E-state index in [4.69, 9.17) is 4.98 Å². The Labute approximate surface area is 182 Å². The summed E-state index contributed by atoms with van der Waals surface area (Å²) in [5.74, 6) is 0.843. The smallest absolute Gasteiger partial charge is 0.322 e. The van der Waals surface area contributed by atoms with Gasteiger partial charge in [0, 0.05) is 38.4 Å². The van der Waals surface area contributed by atoms with Crippen molar-refractivity contribution in [3.8, 4) is 0 Å². The van der Waals surface area contributed by atoms with E-state index in [0.717, 1.165) is 41.8 Å². The minimum absolute atomic E-state index is 0.0701. The Balaban J connectivity index is 1.61. The zero-order valence-corrected chi connectivity index (χ0v) is 18.6. The molecule has 1 aliphatic heterocycles. The minimum atomic E-state index is -0.158. The quantitative estimate of drug-likeness (QED) is 0.680. The van der Waals surface area contributed by atoms with Gasteiger partial charge in [-0.3, -0.25) is 4.79 Å². The number of para-hydroxylation sites is 2. The Morgan fingerprint density at radius 3 is 2.71 bits per heavy atom. The summed E-state index contributed by atoms with van der Waals surface area (Å²) in [7, 11) is 3.43. The van der Waals surface area contributed by atoms with E-state index in [1.54, 1.807) is 26.2 Å². The number of rotatable bonds is 4. The summed E-state index contributed by atoms with van der Waals surface area (Å²) < 4.78 is 2.20. The fraction of sp³-hybridized carbons (Fsp3) is 0.375. The maximum Gasteiger partial charge on any atom is 0.322 e. The molecule has 1 aliphatic rings. The summed E-state index contributed by atoms with van der Waals surface area (Å²) in [4.78, 5) is 33.9. The first-order valence-corrected chi connectivity index (χ1v) is 10.8. The summed E-state index contributed by atoms with van der Waals surface area (Å²) in [5.41, 5.74) is 4.18. The third-order valence-corrected chi connectivity index (χ3v) is 5.94. The molecule has 1 atom stereocenters. The van der Waals surface area contributed by atoms with Gasteiger partial charge in [0.15, 0.2) is 0 Å². The second-order valence-corrected chi connectivity index (χ2v) is 8.21. The highest BCUT2D eigenvalue weighted by molar-refractivity contribution is 5.97. The second-order valence-electron chi connectivity index (χ2n) is 8.21. The molecule has 1 saturated heterocycles. The highest BCUT2D eigenvalue weighted by atomic mass is 16.2. The Morgan fingerprint density at radius 2 is 1.97 bits per heavy atom. The lowest BCUT2D eigenvalue weighted by Gasteiger charge is -2.25. The Morgan fingerprint density at radius 1 is 1.19 bits per heavy atom. The number of likely N-dealkylation sites (tertiary alicyclic amines) is 1. The van der Waals surface area contributed by atoms with Crippen molar-refractivity contribution in [2.24, 2.45) is 0 Å². The molecule has 0 saturated carbocycles. The number of imidazole rings is 1. The maximum atomic E-state index is 13.3. The highest BCUT2D eigenvalue weighted by Crippen LogP contribution is 2.34. The topological polar surface area (TPSA) is 70.5 Å². The maximum absolute atomic E-state index is 13.3. The van der Waals surface area contributed by atoms with E-state index in [1.807, 2.05) is 36.1 Å². The number of urea groups is 1. The van der Waals surface area contributed by atoms with Gasteiger partial charge in [0.2, 0.25) is 0 Å². The Bertz CT molecular complexity index is 1130. The minimum Gasteiger partial charge on any atom is -0.345 e. The average Bonchev–Trinajstić information content (AvgIpc) is 3.38. The number of anilines is 1. The third kappa shape index (κ3) is 3.87. The zero-order valence-electron chi connectivity index (χ0n) is 18.6. The van der Waals surface area contributed by atoms with Gasteiger partial charge in [-0.15, -0.1) is 0 Å². The molecule has 7 nitrogen and oxygen atoms in total. The van der Waals surface area contributed by atoms with Gasteiger partial charge in [-0.2, -0.15) is 0 Å². The van der Waals surface area contributed by atoms with Crippen LogP contribution in [0.1, 0.15) is 47.6 Å². The molecule has 0 aliphatic carbocycles. The van der Waals surface area contributed by atoms with Crippen LogP contribution < -0.4 is 5.32 Å². The molecule has 3 aromatic rings. The van der Waals surface area contributed by atoms with Crippen LogP contribution in [-0.2, 0) is 6.54 Å². The molecule has 4 rings (SSSR count). The van der Waals surface area contributed by atoms with Crippen molar-refractivity contribution in [3.63, 3.8) is 0 Å². The monoisotopic (exact) mass is 419 g/mol. The number of aromatic nitrogens is 2. The number of hydrogen-bond acceptors (Lipinski definition) is 3. The standard InChI is InChI=1S/C24H29N5O2/c1-5-28-20-10-7-6-9-18(20)25-22(28)21-11-8-14-29(21)24(31)26-19-15-17(13-12-16(19)2)23(30)27(3)4/h6-7,9-10,12-13,15,21H,5,8,11,14H2,1-4H3,(H,26,31). The van der Waals surface area contributed by atoms with Gasteiger partial charge < -0.3 is 19.7 Å². The number of carbonyl (C=O) groups is 2. The normalized spacial score (nSPS) is 16.0. The Kier molecular flexibility index (Phi) is 5.67. The molecule has 7 heteroatoms. The van der Waals surface area contributed by atoms with Gasteiger partial charge in [0.05, 0.1) is 17.1 Å². The van der Waals surface area contributed by atoms with E-state index < -0.39 is 0 Å². The third-order valence-electron chi connectivity index (χ3n) is 5.94. The van der Waals surface area contributed by atoms with Crippen molar-refractivity contribution >= 4 is 28.7 Å². The van der Waals surface area contributed by atoms with Crippen molar-refractivity contribution in [3.05, 3.63) is 59.4 Å². The first-order valence-electron chi connectivity index (χ1n) is 10.8. The number of aryl methyl sites for hydroxylation is 2. The molecule has 1 aromatic heterocycles. The summed E-state index contributed by atoms with van der Waals surface area (Å²) in [6.45, 7) is 5.51. The van der Waals surface area contributed by atoms with Gasteiger partial charge in [-0.25, -0.2) is 9.78 Å². The van der Waals surface area contributed by atoms with Crippen LogP contribution in [0, 0.1) is 6.92 Å². The van der Waals surface area contributed by atoms with Gasteiger partial charge in [0.25, 0.3) is 5.91 Å². The number of hydrogen-bond donors (Lipinski definition) is 1. The van der Waals surface area contributed by atoms with Crippen LogP contribution in [0.4, 0.5) is 10.5 Å². The summed E-state index contributed by atoms with van der Waals surface area (Å²) in [5, 5.41) is 3.04. The Hall–Kier alpha value is -3.35. The highest BCUT2D eigenvalue weighted by Gasteiger charge is 2.34. The average molecular weight is 420 g/mol. The van der Waals surface area contributed by atoms with Crippen molar-refractivity contribution < 1.29 is 9.59 Å². The molecule has 0 spiro atoms. The number of nitrogens with one attached hydrogen (secondary N) is 1. The number of nitrogens with zero attached hydrogens (tertiary/aromatic N) is 4. The molecule has 1 unspecified atom stereocenters. The van der Waals surface area contributed by atoms with E-state index in [0.29, 0.717) is 17.8 Å². The molecule has 31 heavy (non-hydrogen) atoms.